The van der Waals surface area contributed by atoms with Crippen molar-refractivity contribution in [2.24, 2.45) is 5.92 Å². The minimum atomic E-state index is 0.000658. The fraction of sp³-hybridized carbons (Fsp3) is 0.400. The summed E-state index contributed by atoms with van der Waals surface area (Å²) >= 11 is 0. The Morgan fingerprint density at radius 1 is 1.08 bits per heavy atom. The summed E-state index contributed by atoms with van der Waals surface area (Å²) in [5.41, 5.74) is 3.21. The Hall–Kier alpha value is -2.56. The van der Waals surface area contributed by atoms with Gasteiger partial charge < -0.3 is 15.5 Å². The van der Waals surface area contributed by atoms with E-state index in [4.69, 9.17) is 0 Å². The maximum atomic E-state index is 11.8. The Morgan fingerprint density at radius 3 is 2.36 bits per heavy atom. The van der Waals surface area contributed by atoms with Crippen LogP contribution in [0.15, 0.2) is 42.6 Å². The summed E-state index contributed by atoms with van der Waals surface area (Å²) < 4.78 is 0. The van der Waals surface area contributed by atoms with Gasteiger partial charge in [0, 0.05) is 30.9 Å². The molecule has 5 nitrogen and oxygen atoms in total. The van der Waals surface area contributed by atoms with Gasteiger partial charge in [-0.05, 0) is 55.2 Å². The smallest absolute Gasteiger partial charge is 0.225 e. The Morgan fingerprint density at radius 2 is 1.76 bits per heavy atom. The third-order valence-electron chi connectivity index (χ3n) is 4.25. The molecule has 132 valence electrons. The summed E-state index contributed by atoms with van der Waals surface area (Å²) in [6, 6.07) is 12.2. The summed E-state index contributed by atoms with van der Waals surface area (Å²) in [6.07, 6.45) is 4.81. The zero-order valence-electron chi connectivity index (χ0n) is 15.0. The number of rotatable bonds is 6. The standard InChI is InChI=1S/C20H26N4O/c1-15(2)13-20(25)23-19-10-7-17(14-21-19)22-16-5-8-18(9-6-16)24-11-3-4-12-24/h5-10,14-15,22H,3-4,11-13H2,1-2H3,(H,21,23,25). The normalized spacial score (nSPS) is 14.0. The maximum Gasteiger partial charge on any atom is 0.225 e. The van der Waals surface area contributed by atoms with E-state index in [1.54, 1.807) is 6.20 Å². The summed E-state index contributed by atoms with van der Waals surface area (Å²) in [4.78, 5) is 18.5. The second kappa shape index (κ2) is 8.01. The summed E-state index contributed by atoms with van der Waals surface area (Å²) in [6.45, 7) is 6.35. The Balaban J connectivity index is 1.56. The van der Waals surface area contributed by atoms with Gasteiger partial charge in [0.2, 0.25) is 5.91 Å². The molecule has 1 saturated heterocycles. The van der Waals surface area contributed by atoms with Gasteiger partial charge in [-0.15, -0.1) is 0 Å². The Kier molecular flexibility index (Phi) is 5.53. The maximum absolute atomic E-state index is 11.8. The van der Waals surface area contributed by atoms with Crippen molar-refractivity contribution in [3.8, 4) is 0 Å². The molecule has 3 rings (SSSR count). The molecule has 0 spiro atoms. The lowest BCUT2D eigenvalue weighted by atomic mass is 10.1. The number of nitrogens with zero attached hydrogens (tertiary/aromatic N) is 2. The van der Waals surface area contributed by atoms with Gasteiger partial charge in [-0.2, -0.15) is 0 Å². The molecule has 0 aliphatic carbocycles. The molecule has 0 bridgehead atoms. The number of carbonyl (C=O) groups excluding carboxylic acids is 1. The van der Waals surface area contributed by atoms with Crippen molar-refractivity contribution in [3.05, 3.63) is 42.6 Å². The number of carbonyl (C=O) groups is 1. The molecule has 1 aromatic carbocycles. The summed E-state index contributed by atoms with van der Waals surface area (Å²) in [7, 11) is 0. The van der Waals surface area contributed by atoms with E-state index in [0.717, 1.165) is 24.5 Å². The van der Waals surface area contributed by atoms with Gasteiger partial charge >= 0.3 is 0 Å². The van der Waals surface area contributed by atoms with Crippen LogP contribution in [-0.4, -0.2) is 24.0 Å². The second-order valence-electron chi connectivity index (χ2n) is 6.94. The lowest BCUT2D eigenvalue weighted by Crippen LogP contribution is -2.17. The molecule has 0 saturated carbocycles. The molecular formula is C20H26N4O. The van der Waals surface area contributed by atoms with Crippen molar-refractivity contribution in [1.82, 2.24) is 4.98 Å². The van der Waals surface area contributed by atoms with Crippen LogP contribution in [-0.2, 0) is 4.79 Å². The highest BCUT2D eigenvalue weighted by Gasteiger charge is 2.11. The third-order valence-corrected chi connectivity index (χ3v) is 4.25. The van der Waals surface area contributed by atoms with E-state index in [1.807, 2.05) is 26.0 Å². The highest BCUT2D eigenvalue weighted by molar-refractivity contribution is 5.89. The molecule has 0 radical (unpaired) electrons. The number of anilines is 4. The quantitative estimate of drug-likeness (QED) is 0.819. The van der Waals surface area contributed by atoms with Crippen molar-refractivity contribution in [2.75, 3.05) is 28.6 Å². The molecule has 1 fully saturated rings. The van der Waals surface area contributed by atoms with Gasteiger partial charge in [0.05, 0.1) is 11.9 Å². The van der Waals surface area contributed by atoms with Crippen LogP contribution in [0.4, 0.5) is 22.9 Å². The molecular weight excluding hydrogens is 312 g/mol. The number of benzene rings is 1. The predicted molar refractivity (Wildman–Crippen MR) is 103 cm³/mol. The van der Waals surface area contributed by atoms with E-state index in [9.17, 15) is 4.79 Å². The van der Waals surface area contributed by atoms with Gasteiger partial charge in [0.15, 0.2) is 0 Å². The fourth-order valence-corrected chi connectivity index (χ4v) is 3.00. The molecule has 5 heteroatoms. The van der Waals surface area contributed by atoms with E-state index in [1.165, 1.54) is 18.5 Å². The van der Waals surface area contributed by atoms with Crippen molar-refractivity contribution in [3.63, 3.8) is 0 Å². The minimum Gasteiger partial charge on any atom is -0.372 e. The van der Waals surface area contributed by atoms with Gasteiger partial charge in [0.25, 0.3) is 0 Å². The first-order valence-electron chi connectivity index (χ1n) is 8.98. The first-order chi connectivity index (χ1) is 12.1. The first-order valence-corrected chi connectivity index (χ1v) is 8.98. The van der Waals surface area contributed by atoms with Crippen molar-refractivity contribution >= 4 is 28.8 Å². The van der Waals surface area contributed by atoms with Crippen LogP contribution < -0.4 is 15.5 Å². The predicted octanol–water partition coefficient (Wildman–Crippen LogP) is 4.41. The zero-order valence-corrected chi connectivity index (χ0v) is 15.0. The molecule has 1 aliphatic heterocycles. The highest BCUT2D eigenvalue weighted by Crippen LogP contribution is 2.24. The van der Waals surface area contributed by atoms with E-state index in [2.05, 4.69) is 44.8 Å². The average Bonchev–Trinajstić information content (AvgIpc) is 3.11. The van der Waals surface area contributed by atoms with E-state index in [0.29, 0.717) is 18.2 Å². The van der Waals surface area contributed by atoms with Crippen LogP contribution in [0.3, 0.4) is 0 Å². The highest BCUT2D eigenvalue weighted by atomic mass is 16.1. The van der Waals surface area contributed by atoms with E-state index >= 15 is 0 Å². The van der Waals surface area contributed by atoms with Crippen LogP contribution in [0.2, 0.25) is 0 Å². The topological polar surface area (TPSA) is 57.3 Å². The number of hydrogen-bond acceptors (Lipinski definition) is 4. The molecule has 0 unspecified atom stereocenters. The minimum absolute atomic E-state index is 0.000658. The lowest BCUT2D eigenvalue weighted by Gasteiger charge is -2.18. The molecule has 1 aliphatic rings. The van der Waals surface area contributed by atoms with Crippen LogP contribution in [0.5, 0.6) is 0 Å². The second-order valence-corrected chi connectivity index (χ2v) is 6.94. The van der Waals surface area contributed by atoms with Gasteiger partial charge in [-0.1, -0.05) is 13.8 Å². The van der Waals surface area contributed by atoms with Gasteiger partial charge in [0.1, 0.15) is 5.82 Å². The number of hydrogen-bond donors (Lipinski definition) is 2. The third kappa shape index (κ3) is 4.95. The molecule has 25 heavy (non-hydrogen) atoms. The van der Waals surface area contributed by atoms with Gasteiger partial charge in [-0.25, -0.2) is 4.98 Å². The molecule has 1 amide bonds. The monoisotopic (exact) mass is 338 g/mol. The first kappa shape index (κ1) is 17.3. The van der Waals surface area contributed by atoms with Crippen molar-refractivity contribution < 1.29 is 4.79 Å². The SMILES string of the molecule is CC(C)CC(=O)Nc1ccc(Nc2ccc(N3CCCC3)cc2)cn1. The molecule has 1 aromatic heterocycles. The van der Waals surface area contributed by atoms with Crippen LogP contribution in [0, 0.1) is 5.92 Å². The van der Waals surface area contributed by atoms with Crippen LogP contribution >= 0.6 is 0 Å². The Bertz CT molecular complexity index is 689. The molecule has 2 aromatic rings. The fourth-order valence-electron chi connectivity index (χ4n) is 3.00. The van der Waals surface area contributed by atoms with Crippen molar-refractivity contribution in [1.29, 1.82) is 0 Å². The summed E-state index contributed by atoms with van der Waals surface area (Å²) in [5.74, 6) is 0.922. The molecule has 2 N–H and O–H groups in total. The average molecular weight is 338 g/mol. The van der Waals surface area contributed by atoms with Crippen LogP contribution in [0.25, 0.3) is 0 Å². The zero-order chi connectivity index (χ0) is 17.6. The van der Waals surface area contributed by atoms with E-state index < -0.39 is 0 Å². The van der Waals surface area contributed by atoms with Crippen LogP contribution in [0.1, 0.15) is 33.1 Å². The lowest BCUT2D eigenvalue weighted by molar-refractivity contribution is -0.116. The van der Waals surface area contributed by atoms with E-state index in [-0.39, 0.29) is 5.91 Å². The van der Waals surface area contributed by atoms with Gasteiger partial charge in [-0.3, -0.25) is 4.79 Å². The number of nitrogens with one attached hydrogen (secondary N) is 2. The number of pyridine rings is 1. The number of amides is 1. The number of aromatic nitrogens is 1. The molecule has 2 heterocycles. The largest absolute Gasteiger partial charge is 0.372 e. The molecule has 0 atom stereocenters. The Labute approximate surface area is 149 Å². The van der Waals surface area contributed by atoms with Crippen molar-refractivity contribution in [2.45, 2.75) is 33.1 Å². The summed E-state index contributed by atoms with van der Waals surface area (Å²) in [5, 5.41) is 6.16.